The molecular formula is C16H17BrN2O3S3. The van der Waals surface area contributed by atoms with Gasteiger partial charge in [0, 0.05) is 31.1 Å². The largest absolute Gasteiger partial charge is 0.335 e. The van der Waals surface area contributed by atoms with E-state index in [2.05, 4.69) is 15.9 Å². The molecule has 9 heteroatoms. The first-order valence-corrected chi connectivity index (χ1v) is 12.0. The quantitative estimate of drug-likeness (QED) is 0.706. The SMILES string of the molecule is O=C(c1cc2c(s1)CCC2)N1CCN(S(=O)(=O)c2ccc(Br)s2)CC1. The van der Waals surface area contributed by atoms with Crippen molar-refractivity contribution < 1.29 is 13.2 Å². The van der Waals surface area contributed by atoms with E-state index in [1.807, 2.05) is 6.07 Å². The highest BCUT2D eigenvalue weighted by atomic mass is 79.9. The summed E-state index contributed by atoms with van der Waals surface area (Å²) in [6.45, 7) is 1.56. The predicted molar refractivity (Wildman–Crippen MR) is 103 cm³/mol. The second-order valence-corrected chi connectivity index (χ2v) is 11.9. The van der Waals surface area contributed by atoms with Crippen molar-refractivity contribution in [3.05, 3.63) is 37.3 Å². The number of piperazine rings is 1. The van der Waals surface area contributed by atoms with Gasteiger partial charge in [-0.15, -0.1) is 22.7 Å². The number of aryl methyl sites for hydroxylation is 2. The number of carbonyl (C=O) groups is 1. The number of halogens is 1. The van der Waals surface area contributed by atoms with Gasteiger partial charge in [0.15, 0.2) is 0 Å². The van der Waals surface area contributed by atoms with Crippen LogP contribution in [0.2, 0.25) is 0 Å². The lowest BCUT2D eigenvalue weighted by atomic mass is 10.2. The van der Waals surface area contributed by atoms with E-state index in [-0.39, 0.29) is 5.91 Å². The number of hydrogen-bond acceptors (Lipinski definition) is 5. The Balaban J connectivity index is 1.43. The van der Waals surface area contributed by atoms with Crippen LogP contribution in [0.25, 0.3) is 0 Å². The molecule has 0 bridgehead atoms. The summed E-state index contributed by atoms with van der Waals surface area (Å²) in [5.74, 6) is 0.0373. The van der Waals surface area contributed by atoms with Crippen LogP contribution in [0, 0.1) is 0 Å². The van der Waals surface area contributed by atoms with Crippen LogP contribution in [0.3, 0.4) is 0 Å². The molecule has 4 rings (SSSR count). The fourth-order valence-corrected chi connectivity index (χ4v) is 8.09. The maximum Gasteiger partial charge on any atom is 0.264 e. The molecule has 25 heavy (non-hydrogen) atoms. The van der Waals surface area contributed by atoms with Crippen molar-refractivity contribution in [2.45, 2.75) is 23.5 Å². The van der Waals surface area contributed by atoms with Gasteiger partial charge in [-0.25, -0.2) is 8.42 Å². The van der Waals surface area contributed by atoms with Crippen LogP contribution in [0.15, 0.2) is 26.2 Å². The van der Waals surface area contributed by atoms with Crippen LogP contribution >= 0.6 is 38.6 Å². The third-order valence-electron chi connectivity index (χ3n) is 4.63. The van der Waals surface area contributed by atoms with Gasteiger partial charge in [-0.3, -0.25) is 4.79 Å². The highest BCUT2D eigenvalue weighted by Crippen LogP contribution is 2.32. The summed E-state index contributed by atoms with van der Waals surface area (Å²) in [7, 11) is -3.47. The monoisotopic (exact) mass is 460 g/mol. The summed E-state index contributed by atoms with van der Waals surface area (Å²) < 4.78 is 27.9. The van der Waals surface area contributed by atoms with E-state index in [0.29, 0.717) is 30.4 Å². The Morgan fingerprint density at radius 1 is 1.08 bits per heavy atom. The number of rotatable bonds is 3. The van der Waals surface area contributed by atoms with Crippen LogP contribution in [0.5, 0.6) is 0 Å². The number of carbonyl (C=O) groups excluding carboxylic acids is 1. The molecule has 1 amide bonds. The van der Waals surface area contributed by atoms with E-state index in [1.54, 1.807) is 28.4 Å². The van der Waals surface area contributed by atoms with E-state index < -0.39 is 10.0 Å². The Morgan fingerprint density at radius 2 is 1.84 bits per heavy atom. The van der Waals surface area contributed by atoms with Gasteiger partial charge < -0.3 is 4.90 Å². The number of fused-ring (bicyclic) bond motifs is 1. The van der Waals surface area contributed by atoms with Crippen LogP contribution in [-0.4, -0.2) is 49.7 Å². The molecule has 0 saturated carbocycles. The molecule has 5 nitrogen and oxygen atoms in total. The molecule has 2 aromatic rings. The molecular weight excluding hydrogens is 444 g/mol. The number of hydrogen-bond donors (Lipinski definition) is 0. The number of nitrogens with zero attached hydrogens (tertiary/aromatic N) is 2. The average Bonchev–Trinajstić information content (AvgIpc) is 3.30. The molecule has 1 saturated heterocycles. The first kappa shape index (κ1) is 17.7. The van der Waals surface area contributed by atoms with E-state index >= 15 is 0 Å². The minimum Gasteiger partial charge on any atom is -0.335 e. The van der Waals surface area contributed by atoms with E-state index in [9.17, 15) is 13.2 Å². The van der Waals surface area contributed by atoms with Crippen molar-refractivity contribution >= 4 is 54.5 Å². The molecule has 1 aliphatic carbocycles. The number of sulfonamides is 1. The van der Waals surface area contributed by atoms with Crippen LogP contribution < -0.4 is 0 Å². The van der Waals surface area contributed by atoms with Crippen LogP contribution in [0.4, 0.5) is 0 Å². The molecule has 134 valence electrons. The lowest BCUT2D eigenvalue weighted by molar-refractivity contribution is 0.0703. The summed E-state index contributed by atoms with van der Waals surface area (Å²) in [5.41, 5.74) is 1.32. The third kappa shape index (κ3) is 3.32. The van der Waals surface area contributed by atoms with Crippen molar-refractivity contribution in [1.82, 2.24) is 9.21 Å². The molecule has 2 aliphatic rings. The van der Waals surface area contributed by atoms with Gasteiger partial charge in [0.25, 0.3) is 15.9 Å². The Kier molecular flexibility index (Phi) is 4.78. The highest BCUT2D eigenvalue weighted by molar-refractivity contribution is 9.11. The first-order chi connectivity index (χ1) is 11.9. The molecule has 2 aromatic heterocycles. The molecule has 0 unspecified atom stereocenters. The zero-order valence-electron chi connectivity index (χ0n) is 13.4. The standard InChI is InChI=1S/C16H17BrN2O3S3/c17-14-4-5-15(24-14)25(21,22)19-8-6-18(7-9-19)16(20)13-10-11-2-1-3-12(11)23-13/h4-5,10H,1-3,6-9H2. The van der Waals surface area contributed by atoms with Crippen molar-refractivity contribution in [3.63, 3.8) is 0 Å². The number of thiophene rings is 2. The summed E-state index contributed by atoms with van der Waals surface area (Å²) in [5, 5.41) is 0. The minimum absolute atomic E-state index is 0.0373. The molecule has 0 atom stereocenters. The topological polar surface area (TPSA) is 57.7 Å². The van der Waals surface area contributed by atoms with Gasteiger partial charge in [0.2, 0.25) is 0 Å². The van der Waals surface area contributed by atoms with Gasteiger partial charge in [0.1, 0.15) is 4.21 Å². The zero-order chi connectivity index (χ0) is 17.6. The van der Waals surface area contributed by atoms with Gasteiger partial charge in [-0.2, -0.15) is 4.31 Å². The highest BCUT2D eigenvalue weighted by Gasteiger charge is 2.32. The second kappa shape index (κ2) is 6.77. The summed E-state index contributed by atoms with van der Waals surface area (Å²) >= 11 is 6.12. The average molecular weight is 461 g/mol. The fourth-order valence-electron chi connectivity index (χ4n) is 3.29. The van der Waals surface area contributed by atoms with E-state index in [1.165, 1.54) is 32.5 Å². The maximum atomic E-state index is 12.7. The van der Waals surface area contributed by atoms with Gasteiger partial charge in [-0.05, 0) is 59.0 Å². The Hall–Kier alpha value is -0.740. The molecule has 3 heterocycles. The molecule has 0 N–H and O–H groups in total. The lowest BCUT2D eigenvalue weighted by Crippen LogP contribution is -2.50. The second-order valence-electron chi connectivity index (χ2n) is 6.17. The summed E-state index contributed by atoms with van der Waals surface area (Å²) in [6, 6.07) is 5.39. The molecule has 0 spiro atoms. The van der Waals surface area contributed by atoms with Crippen molar-refractivity contribution in [2.75, 3.05) is 26.2 Å². The number of amides is 1. The third-order valence-corrected chi connectivity index (χ3v) is 9.84. The Morgan fingerprint density at radius 3 is 2.48 bits per heavy atom. The molecule has 1 fully saturated rings. The van der Waals surface area contributed by atoms with Gasteiger partial charge in [-0.1, -0.05) is 0 Å². The minimum atomic E-state index is -3.47. The molecule has 1 aliphatic heterocycles. The maximum absolute atomic E-state index is 12.7. The summed E-state index contributed by atoms with van der Waals surface area (Å²) in [4.78, 5) is 16.6. The smallest absolute Gasteiger partial charge is 0.264 e. The van der Waals surface area contributed by atoms with Crippen molar-refractivity contribution in [3.8, 4) is 0 Å². The zero-order valence-corrected chi connectivity index (χ0v) is 17.4. The Bertz CT molecular complexity index is 889. The van der Waals surface area contributed by atoms with Crippen LogP contribution in [-0.2, 0) is 22.9 Å². The molecule has 0 radical (unpaired) electrons. The summed E-state index contributed by atoms with van der Waals surface area (Å²) in [6.07, 6.45) is 3.34. The Labute approximate surface area is 163 Å². The van der Waals surface area contributed by atoms with E-state index in [0.717, 1.165) is 21.5 Å². The van der Waals surface area contributed by atoms with Crippen LogP contribution in [0.1, 0.15) is 26.5 Å². The first-order valence-electron chi connectivity index (χ1n) is 8.11. The normalized spacial score (nSPS) is 18.5. The fraction of sp³-hybridized carbons (Fsp3) is 0.438. The predicted octanol–water partition coefficient (Wildman–Crippen LogP) is 3.21. The lowest BCUT2D eigenvalue weighted by Gasteiger charge is -2.33. The van der Waals surface area contributed by atoms with Gasteiger partial charge in [0.05, 0.1) is 8.66 Å². The molecule has 0 aromatic carbocycles. The van der Waals surface area contributed by atoms with Crippen molar-refractivity contribution in [1.29, 1.82) is 0 Å². The van der Waals surface area contributed by atoms with E-state index in [4.69, 9.17) is 0 Å². The van der Waals surface area contributed by atoms with Crippen molar-refractivity contribution in [2.24, 2.45) is 0 Å². The van der Waals surface area contributed by atoms with Gasteiger partial charge >= 0.3 is 0 Å².